The van der Waals surface area contributed by atoms with Gasteiger partial charge >= 0.3 is 0 Å². The molecule has 5 heteroatoms. The Kier molecular flexibility index (Phi) is 6.82. The van der Waals surface area contributed by atoms with Gasteiger partial charge in [-0.25, -0.2) is 0 Å². The van der Waals surface area contributed by atoms with Gasteiger partial charge in [-0.1, -0.05) is 42.3 Å². The summed E-state index contributed by atoms with van der Waals surface area (Å²) < 4.78 is 10.9. The van der Waals surface area contributed by atoms with Crippen LogP contribution in [0.5, 0.6) is 11.5 Å². The van der Waals surface area contributed by atoms with Crippen LogP contribution in [0.1, 0.15) is 34.8 Å². The molecule has 26 heavy (non-hydrogen) atoms. The molecule has 0 aromatic heterocycles. The molecule has 0 heterocycles. The van der Waals surface area contributed by atoms with Gasteiger partial charge in [0.1, 0.15) is 11.6 Å². The summed E-state index contributed by atoms with van der Waals surface area (Å²) in [6, 6.07) is 12.4. The van der Waals surface area contributed by atoms with Gasteiger partial charge < -0.3 is 9.47 Å². The maximum absolute atomic E-state index is 12.6. The smallest absolute Gasteiger partial charge is 0.203 e. The lowest BCUT2D eigenvalue weighted by atomic mass is 10.0. The molecule has 0 aliphatic rings. The van der Waals surface area contributed by atoms with Gasteiger partial charge in [0.15, 0.2) is 11.5 Å². The van der Waals surface area contributed by atoms with Crippen molar-refractivity contribution in [1.82, 2.24) is 0 Å². The highest BCUT2D eigenvalue weighted by Gasteiger charge is 2.15. The van der Waals surface area contributed by atoms with Gasteiger partial charge in [0, 0.05) is 5.56 Å². The van der Waals surface area contributed by atoms with Crippen LogP contribution in [0, 0.1) is 18.3 Å². The molecule has 2 aromatic rings. The molecule has 2 aromatic carbocycles. The summed E-state index contributed by atoms with van der Waals surface area (Å²) in [6.45, 7) is 4.40. The van der Waals surface area contributed by atoms with E-state index in [1.54, 1.807) is 30.3 Å². The van der Waals surface area contributed by atoms with E-state index in [9.17, 15) is 10.1 Å². The van der Waals surface area contributed by atoms with E-state index >= 15 is 0 Å². The summed E-state index contributed by atoms with van der Waals surface area (Å²) >= 11 is 6.29. The number of ketones is 1. The quantitative estimate of drug-likeness (QED) is 0.380. The Morgan fingerprint density at radius 3 is 2.69 bits per heavy atom. The second kappa shape index (κ2) is 9.07. The molecule has 0 fully saturated rings. The molecule has 0 amide bonds. The number of benzene rings is 2. The zero-order valence-electron chi connectivity index (χ0n) is 15.0. The monoisotopic (exact) mass is 369 g/mol. The number of aryl methyl sites for hydroxylation is 1. The predicted octanol–water partition coefficient (Wildman–Crippen LogP) is 5.24. The first-order chi connectivity index (χ1) is 12.5. The van der Waals surface area contributed by atoms with E-state index in [0.717, 1.165) is 12.0 Å². The largest absolute Gasteiger partial charge is 0.493 e. The highest BCUT2D eigenvalue weighted by molar-refractivity contribution is 6.32. The average Bonchev–Trinajstić information content (AvgIpc) is 2.64. The van der Waals surface area contributed by atoms with Crippen molar-refractivity contribution >= 4 is 23.5 Å². The molecule has 134 valence electrons. The van der Waals surface area contributed by atoms with Gasteiger partial charge in [0.25, 0.3) is 0 Å². The number of hydrogen-bond donors (Lipinski definition) is 0. The second-order valence-corrected chi connectivity index (χ2v) is 6.16. The fourth-order valence-corrected chi connectivity index (χ4v) is 2.70. The van der Waals surface area contributed by atoms with Gasteiger partial charge in [-0.05, 0) is 43.2 Å². The number of rotatable bonds is 7. The standard InChI is InChI=1S/C21H20ClNO3/c1-4-8-26-21-18(22)11-15(12-19(21)25-3)10-17(13-23)20(24)16-7-5-6-14(2)9-16/h5-7,9-12H,4,8H2,1-3H3/b17-10+. The van der Waals surface area contributed by atoms with Crippen LogP contribution in [-0.4, -0.2) is 19.5 Å². The summed E-state index contributed by atoms with van der Waals surface area (Å²) in [5.74, 6) is 0.576. The molecule has 0 unspecified atom stereocenters. The van der Waals surface area contributed by atoms with Crippen LogP contribution in [0.25, 0.3) is 6.08 Å². The van der Waals surface area contributed by atoms with Gasteiger partial charge in [-0.3, -0.25) is 4.79 Å². The number of nitriles is 1. The lowest BCUT2D eigenvalue weighted by Gasteiger charge is -2.13. The Bertz CT molecular complexity index is 881. The number of nitrogens with zero attached hydrogens (tertiary/aromatic N) is 1. The number of hydrogen-bond acceptors (Lipinski definition) is 4. The zero-order valence-corrected chi connectivity index (χ0v) is 15.8. The summed E-state index contributed by atoms with van der Waals surface area (Å²) in [7, 11) is 1.51. The minimum atomic E-state index is -0.336. The van der Waals surface area contributed by atoms with Gasteiger partial charge in [0.05, 0.1) is 18.7 Å². The zero-order chi connectivity index (χ0) is 19.1. The number of halogens is 1. The topological polar surface area (TPSA) is 59.3 Å². The van der Waals surface area contributed by atoms with Gasteiger partial charge in [-0.15, -0.1) is 0 Å². The molecule has 0 N–H and O–H groups in total. The van der Waals surface area contributed by atoms with Crippen molar-refractivity contribution in [3.63, 3.8) is 0 Å². The lowest BCUT2D eigenvalue weighted by molar-refractivity contribution is 0.104. The first-order valence-corrected chi connectivity index (χ1v) is 8.61. The summed E-state index contributed by atoms with van der Waals surface area (Å²) in [5.41, 5.74) is 2.04. The van der Waals surface area contributed by atoms with Gasteiger partial charge in [-0.2, -0.15) is 5.26 Å². The number of Topliss-reactive ketones (excluding diaryl/α,β-unsaturated/α-hetero) is 1. The molecule has 0 aliphatic heterocycles. The van der Waals surface area contributed by atoms with Crippen molar-refractivity contribution in [3.05, 3.63) is 63.7 Å². The first kappa shape index (κ1) is 19.6. The molecule has 0 saturated heterocycles. The lowest BCUT2D eigenvalue weighted by Crippen LogP contribution is -2.02. The fraction of sp³-hybridized carbons (Fsp3) is 0.238. The third kappa shape index (κ3) is 4.65. The molecule has 0 saturated carbocycles. The summed E-state index contributed by atoms with van der Waals surface area (Å²) in [6.07, 6.45) is 2.34. The molecule has 4 nitrogen and oxygen atoms in total. The van der Waals surface area contributed by atoms with E-state index in [1.165, 1.54) is 13.2 Å². The Morgan fingerprint density at radius 2 is 2.08 bits per heavy atom. The molecule has 0 atom stereocenters. The number of carbonyl (C=O) groups excluding carboxylic acids is 1. The van der Waals surface area contributed by atoms with Gasteiger partial charge in [0.2, 0.25) is 5.78 Å². The van der Waals surface area contributed by atoms with E-state index in [1.807, 2.05) is 26.0 Å². The summed E-state index contributed by atoms with van der Waals surface area (Å²) in [4.78, 5) is 12.6. The van der Waals surface area contributed by atoms with Crippen molar-refractivity contribution in [1.29, 1.82) is 5.26 Å². The molecule has 0 spiro atoms. The fourth-order valence-electron chi connectivity index (χ4n) is 2.42. The Labute approximate surface area is 158 Å². The summed E-state index contributed by atoms with van der Waals surface area (Å²) in [5, 5.41) is 9.79. The van der Waals surface area contributed by atoms with Crippen LogP contribution >= 0.6 is 11.6 Å². The maximum atomic E-state index is 12.6. The van der Waals surface area contributed by atoms with Crippen molar-refractivity contribution in [2.75, 3.05) is 13.7 Å². The van der Waals surface area contributed by atoms with Crippen LogP contribution < -0.4 is 9.47 Å². The van der Waals surface area contributed by atoms with Crippen molar-refractivity contribution in [2.45, 2.75) is 20.3 Å². The molecule has 2 rings (SSSR count). The third-order valence-corrected chi connectivity index (χ3v) is 3.94. The van der Waals surface area contributed by atoms with E-state index in [2.05, 4.69) is 0 Å². The van der Waals surface area contributed by atoms with E-state index in [0.29, 0.717) is 34.3 Å². The minimum absolute atomic E-state index is 0.0240. The van der Waals surface area contributed by atoms with Crippen molar-refractivity contribution in [2.24, 2.45) is 0 Å². The maximum Gasteiger partial charge on any atom is 0.203 e. The van der Waals surface area contributed by atoms with E-state index in [-0.39, 0.29) is 11.4 Å². The minimum Gasteiger partial charge on any atom is -0.493 e. The Hall–Kier alpha value is -2.77. The molecule has 0 aliphatic carbocycles. The third-order valence-electron chi connectivity index (χ3n) is 3.66. The highest BCUT2D eigenvalue weighted by Crippen LogP contribution is 2.37. The number of carbonyl (C=O) groups is 1. The molecule has 0 radical (unpaired) electrons. The SMILES string of the molecule is CCCOc1c(Cl)cc(/C=C(\C#N)C(=O)c2cccc(C)c2)cc1OC. The van der Waals surface area contributed by atoms with Crippen LogP contribution in [0.3, 0.4) is 0 Å². The number of ether oxygens (including phenoxy) is 2. The Morgan fingerprint density at radius 1 is 1.31 bits per heavy atom. The average molecular weight is 370 g/mol. The highest BCUT2D eigenvalue weighted by atomic mass is 35.5. The van der Waals surface area contributed by atoms with Crippen molar-refractivity contribution in [3.8, 4) is 17.6 Å². The second-order valence-electron chi connectivity index (χ2n) is 5.75. The van der Waals surface area contributed by atoms with Crippen LogP contribution in [-0.2, 0) is 0 Å². The predicted molar refractivity (Wildman–Crippen MR) is 103 cm³/mol. The first-order valence-electron chi connectivity index (χ1n) is 8.23. The molecular formula is C21H20ClNO3. The molecule has 0 bridgehead atoms. The van der Waals surface area contributed by atoms with Crippen LogP contribution in [0.4, 0.5) is 0 Å². The Balaban J connectivity index is 2.41. The van der Waals surface area contributed by atoms with Crippen molar-refractivity contribution < 1.29 is 14.3 Å². The van der Waals surface area contributed by atoms with E-state index in [4.69, 9.17) is 21.1 Å². The number of allylic oxidation sites excluding steroid dienone is 1. The normalized spacial score (nSPS) is 11.0. The van der Waals surface area contributed by atoms with Crippen LogP contribution in [0.15, 0.2) is 42.0 Å². The molecular weight excluding hydrogens is 350 g/mol. The van der Waals surface area contributed by atoms with E-state index < -0.39 is 0 Å². The van der Waals surface area contributed by atoms with Crippen LogP contribution in [0.2, 0.25) is 5.02 Å². The number of methoxy groups -OCH3 is 1.